The van der Waals surface area contributed by atoms with Gasteiger partial charge in [-0.1, -0.05) is 30.3 Å². The molecule has 1 aromatic heterocycles. The normalized spacial score (nSPS) is 13.9. The zero-order chi connectivity index (χ0) is 31.8. The third-order valence-electron chi connectivity index (χ3n) is 7.07. The molecule has 14 heteroatoms. The molecule has 0 fully saturated rings. The Hall–Kier alpha value is -3.43. The molecule has 0 spiro atoms. The van der Waals surface area contributed by atoms with Crippen LogP contribution in [0.3, 0.4) is 0 Å². The summed E-state index contributed by atoms with van der Waals surface area (Å²) in [6.07, 6.45) is -3.27. The molecule has 1 amide bonds. The molecule has 3 aromatic rings. The van der Waals surface area contributed by atoms with Crippen molar-refractivity contribution < 1.29 is 35.7 Å². The van der Waals surface area contributed by atoms with Crippen molar-refractivity contribution in [3.63, 3.8) is 0 Å². The molecule has 7 N–H and O–H groups in total. The van der Waals surface area contributed by atoms with E-state index in [0.717, 1.165) is 23.0 Å². The first-order valence-corrected chi connectivity index (χ1v) is 15.5. The van der Waals surface area contributed by atoms with Crippen molar-refractivity contribution in [1.29, 1.82) is 0 Å². The van der Waals surface area contributed by atoms with E-state index >= 15 is 0 Å². The van der Waals surface area contributed by atoms with Crippen LogP contribution in [0, 0.1) is 0 Å². The van der Waals surface area contributed by atoms with E-state index in [9.17, 15) is 31.2 Å². The van der Waals surface area contributed by atoms with Gasteiger partial charge >= 0.3 is 6.18 Å². The van der Waals surface area contributed by atoms with Gasteiger partial charge in [0.1, 0.15) is 0 Å². The Morgan fingerprint density at radius 1 is 1.00 bits per heavy atom. The first-order chi connectivity index (χ1) is 20.1. The van der Waals surface area contributed by atoms with E-state index in [0.29, 0.717) is 24.2 Å². The minimum atomic E-state index is -4.54. The smallest absolute Gasteiger partial charge is 0.345 e. The van der Waals surface area contributed by atoms with Crippen LogP contribution in [0.25, 0.3) is 10.9 Å². The van der Waals surface area contributed by atoms with Gasteiger partial charge in [-0.05, 0) is 41.8 Å². The number of nitrogens with one attached hydrogen (secondary N) is 1. The van der Waals surface area contributed by atoms with Crippen LogP contribution in [0.5, 0.6) is 0 Å². The van der Waals surface area contributed by atoms with Crippen molar-refractivity contribution in [2.75, 3.05) is 44.9 Å². The summed E-state index contributed by atoms with van der Waals surface area (Å²) in [5.74, 6) is -2.34. The highest BCUT2D eigenvalue weighted by molar-refractivity contribution is 7.91. The predicted octanol–water partition coefficient (Wildman–Crippen LogP) is 1.16. The number of hydrogen-bond acceptors (Lipinski definition) is 8. The number of quaternary nitrogens is 1. The Morgan fingerprint density at radius 2 is 1.63 bits per heavy atom. The molecular formula is C29H38F3N6O4S+. The number of rotatable bonds is 15. The first kappa shape index (κ1) is 34.1. The molecule has 0 saturated carbocycles. The number of amides is 1. The lowest BCUT2D eigenvalue weighted by Gasteiger charge is -2.33. The van der Waals surface area contributed by atoms with Crippen LogP contribution in [0.15, 0.2) is 60.8 Å². The number of para-hydroxylation sites is 1. The van der Waals surface area contributed by atoms with Gasteiger partial charge < -0.3 is 27.0 Å². The number of aromatic nitrogens is 1. The number of likely N-dealkylation sites (N-methyl/N-ethyl adjacent to an activating group) is 1. The van der Waals surface area contributed by atoms with Crippen molar-refractivity contribution in [2.45, 2.75) is 31.1 Å². The minimum Gasteiger partial charge on any atom is -0.345 e. The summed E-state index contributed by atoms with van der Waals surface area (Å²) in [6, 6.07) is 10.6. The van der Waals surface area contributed by atoms with Gasteiger partial charge in [0.25, 0.3) is 0 Å². The lowest BCUT2D eigenvalue weighted by molar-refractivity contribution is -0.895. The highest BCUT2D eigenvalue weighted by Crippen LogP contribution is 2.29. The number of carbonyl (C=O) groups excluding carboxylic acids is 2. The Labute approximate surface area is 248 Å². The van der Waals surface area contributed by atoms with E-state index in [2.05, 4.69) is 10.3 Å². The van der Waals surface area contributed by atoms with Crippen molar-refractivity contribution in [3.05, 3.63) is 77.5 Å². The molecule has 0 aliphatic heterocycles. The summed E-state index contributed by atoms with van der Waals surface area (Å²) in [6.45, 7) is 1.18. The van der Waals surface area contributed by atoms with Gasteiger partial charge in [0.05, 0.1) is 49.1 Å². The molecule has 0 aliphatic carbocycles. The number of benzene rings is 2. The summed E-state index contributed by atoms with van der Waals surface area (Å²) in [4.78, 5) is 30.9. The Balaban J connectivity index is 1.79. The Bertz CT molecular complexity index is 1510. The molecule has 0 aliphatic rings. The summed E-state index contributed by atoms with van der Waals surface area (Å²) in [7, 11) is -2.16. The number of pyridine rings is 1. The summed E-state index contributed by atoms with van der Waals surface area (Å²) in [5, 5.41) is 3.34. The van der Waals surface area contributed by atoms with E-state index in [1.165, 1.54) is 18.3 Å². The number of sulfone groups is 1. The molecule has 0 unspecified atom stereocenters. The third kappa shape index (κ3) is 10.1. The average molecular weight is 624 g/mol. The lowest BCUT2D eigenvalue weighted by Crippen LogP contribution is -2.56. The van der Waals surface area contributed by atoms with Gasteiger partial charge in [0.2, 0.25) is 15.7 Å². The zero-order valence-electron chi connectivity index (χ0n) is 23.9. The fourth-order valence-corrected chi connectivity index (χ4v) is 6.88. The molecule has 234 valence electrons. The van der Waals surface area contributed by atoms with Gasteiger partial charge in [0.15, 0.2) is 11.7 Å². The van der Waals surface area contributed by atoms with E-state index in [4.69, 9.17) is 17.2 Å². The van der Waals surface area contributed by atoms with E-state index in [1.54, 1.807) is 13.1 Å². The largest absolute Gasteiger partial charge is 0.416 e. The second-order valence-electron chi connectivity index (χ2n) is 10.9. The van der Waals surface area contributed by atoms with E-state index < -0.39 is 51.1 Å². The number of nitrogens with two attached hydrogens (primary N) is 3. The van der Waals surface area contributed by atoms with E-state index in [1.807, 2.05) is 24.3 Å². The number of ketones is 1. The van der Waals surface area contributed by atoms with Gasteiger partial charge in [-0.25, -0.2) is 8.42 Å². The molecule has 0 radical (unpaired) electrons. The van der Waals surface area contributed by atoms with Crippen LogP contribution in [0.4, 0.5) is 13.2 Å². The van der Waals surface area contributed by atoms with Crippen molar-refractivity contribution >= 4 is 32.4 Å². The fourth-order valence-electron chi connectivity index (χ4n) is 4.87. The Morgan fingerprint density at radius 3 is 2.23 bits per heavy atom. The molecule has 3 rings (SSSR count). The SMILES string of the molecule is C[N+](CCN)(CCN)CS(=O)(=O)C[C@H](N)C(=O)N[C@@H](Cc1ccc(C(F)(F)F)cc1)C(=O)Cc1cnc2ccccc2c1. The Kier molecular flexibility index (Phi) is 11.4. The van der Waals surface area contributed by atoms with Crippen LogP contribution < -0.4 is 22.5 Å². The molecule has 0 bridgehead atoms. The van der Waals surface area contributed by atoms with Crippen molar-refractivity contribution in [3.8, 4) is 0 Å². The van der Waals surface area contributed by atoms with Gasteiger partial charge in [0, 0.05) is 31.1 Å². The highest BCUT2D eigenvalue weighted by Gasteiger charge is 2.33. The maximum atomic E-state index is 13.4. The number of carbonyl (C=O) groups is 2. The van der Waals surface area contributed by atoms with Gasteiger partial charge in [-0.2, -0.15) is 13.2 Å². The molecule has 2 atom stereocenters. The lowest BCUT2D eigenvalue weighted by atomic mass is 9.97. The quantitative estimate of drug-likeness (QED) is 0.183. The number of nitrogens with zero attached hydrogens (tertiary/aromatic N) is 2. The minimum absolute atomic E-state index is 0.0541. The van der Waals surface area contributed by atoms with Gasteiger partial charge in [-0.15, -0.1) is 0 Å². The monoisotopic (exact) mass is 623 g/mol. The fraction of sp³-hybridized carbons (Fsp3) is 0.414. The van der Waals surface area contributed by atoms with Crippen molar-refractivity contribution in [2.24, 2.45) is 17.2 Å². The van der Waals surface area contributed by atoms with Crippen LogP contribution >= 0.6 is 0 Å². The zero-order valence-corrected chi connectivity index (χ0v) is 24.7. The maximum absolute atomic E-state index is 13.4. The highest BCUT2D eigenvalue weighted by atomic mass is 32.2. The number of hydrogen-bond donors (Lipinski definition) is 4. The maximum Gasteiger partial charge on any atom is 0.416 e. The standard InChI is InChI=1S/C29H37F3N6O4S/c1-38(12-10-33,13-11-34)19-43(41,42)18-24(35)28(40)37-26(15-20-6-8-23(9-7-20)29(30,31)32)27(39)16-21-14-22-4-2-3-5-25(22)36-17-21/h2-9,14,17,24,26H,10-13,15-16,18-19,33-35H2,1H3/p+1/t24-,26-/m0/s1. The summed E-state index contributed by atoms with van der Waals surface area (Å²) >= 11 is 0. The summed E-state index contributed by atoms with van der Waals surface area (Å²) in [5.41, 5.74) is 18.1. The number of halogens is 3. The molecular weight excluding hydrogens is 585 g/mol. The number of Topliss-reactive ketones (excluding diaryl/α,β-unsaturated/α-hetero) is 1. The molecule has 10 nitrogen and oxygen atoms in total. The number of fused-ring (bicyclic) bond motifs is 1. The third-order valence-corrected chi connectivity index (χ3v) is 8.95. The average Bonchev–Trinajstić information content (AvgIpc) is 2.91. The second kappa shape index (κ2) is 14.4. The van der Waals surface area contributed by atoms with Crippen molar-refractivity contribution in [1.82, 2.24) is 10.3 Å². The molecule has 1 heterocycles. The van der Waals surface area contributed by atoms with Crippen LogP contribution in [-0.2, 0) is 38.4 Å². The predicted molar refractivity (Wildman–Crippen MR) is 158 cm³/mol. The molecule has 0 saturated heterocycles. The molecule has 43 heavy (non-hydrogen) atoms. The van der Waals surface area contributed by atoms with Crippen LogP contribution in [0.2, 0.25) is 0 Å². The topological polar surface area (TPSA) is 171 Å². The first-order valence-electron chi connectivity index (χ1n) is 13.7. The van der Waals surface area contributed by atoms with E-state index in [-0.39, 0.29) is 36.3 Å². The number of alkyl halides is 3. The van der Waals surface area contributed by atoms with Gasteiger partial charge in [-0.3, -0.25) is 14.6 Å². The molecule has 2 aromatic carbocycles. The van der Waals surface area contributed by atoms with Crippen LogP contribution in [0.1, 0.15) is 16.7 Å². The van der Waals surface area contributed by atoms with Crippen LogP contribution in [-0.4, -0.2) is 86.5 Å². The summed E-state index contributed by atoms with van der Waals surface area (Å²) < 4.78 is 65.1. The second-order valence-corrected chi connectivity index (χ2v) is 13.0.